The number of carbonyl (C=O) groups excluding carboxylic acids is 1. The highest BCUT2D eigenvalue weighted by Gasteiger charge is 2.18. The molecule has 3 heteroatoms. The number of rotatable bonds is 4. The van der Waals surface area contributed by atoms with E-state index >= 15 is 0 Å². The van der Waals surface area contributed by atoms with E-state index in [1.165, 1.54) is 0 Å². The molecule has 0 radical (unpaired) electrons. The number of nitrogens with zero attached hydrogens (tertiary/aromatic N) is 1. The van der Waals surface area contributed by atoms with Crippen molar-refractivity contribution in [3.63, 3.8) is 0 Å². The molecule has 1 atom stereocenters. The van der Waals surface area contributed by atoms with E-state index in [2.05, 4.69) is 25.7 Å². The van der Waals surface area contributed by atoms with Crippen LogP contribution in [0, 0.1) is 5.92 Å². The zero-order valence-corrected chi connectivity index (χ0v) is 11.0. The number of halogens is 1. The van der Waals surface area contributed by atoms with Gasteiger partial charge in [-0.1, -0.05) is 31.5 Å². The smallest absolute Gasteiger partial charge is 0.152 e. The molecule has 88 valence electrons. The van der Waals surface area contributed by atoms with Gasteiger partial charge in [0.15, 0.2) is 6.29 Å². The minimum atomic E-state index is 0.332. The molecule has 0 aliphatic carbocycles. The number of hydrogen-bond donors (Lipinski definition) is 0. The van der Waals surface area contributed by atoms with Crippen molar-refractivity contribution in [3.8, 4) is 0 Å². The third-order valence-corrected chi connectivity index (χ3v) is 3.38. The molecule has 0 aliphatic rings. The summed E-state index contributed by atoms with van der Waals surface area (Å²) in [5.41, 5.74) is 1.46. The summed E-state index contributed by atoms with van der Waals surface area (Å²) >= 11 is 6.15. The van der Waals surface area contributed by atoms with Crippen molar-refractivity contribution in [2.75, 3.05) is 11.9 Å². The number of anilines is 1. The summed E-state index contributed by atoms with van der Waals surface area (Å²) in [5.74, 6) is 0.501. The maximum Gasteiger partial charge on any atom is 0.152 e. The normalized spacial score (nSPS) is 12.6. The molecular weight excluding hydrogens is 222 g/mol. The quantitative estimate of drug-likeness (QED) is 0.748. The van der Waals surface area contributed by atoms with Gasteiger partial charge >= 0.3 is 0 Å². The molecule has 0 aromatic heterocycles. The van der Waals surface area contributed by atoms with Crippen LogP contribution in [0.1, 0.15) is 31.1 Å². The average molecular weight is 240 g/mol. The molecule has 1 aromatic carbocycles. The lowest BCUT2D eigenvalue weighted by Crippen LogP contribution is -2.34. The molecule has 2 nitrogen and oxygen atoms in total. The molecule has 0 saturated carbocycles. The van der Waals surface area contributed by atoms with E-state index < -0.39 is 0 Å². The van der Waals surface area contributed by atoms with Crippen molar-refractivity contribution < 1.29 is 4.79 Å². The van der Waals surface area contributed by atoms with E-state index in [-0.39, 0.29) is 0 Å². The van der Waals surface area contributed by atoms with Gasteiger partial charge in [0.2, 0.25) is 0 Å². The molecule has 0 bridgehead atoms. The lowest BCUT2D eigenvalue weighted by molar-refractivity contribution is 0.112. The first-order valence-corrected chi connectivity index (χ1v) is 5.83. The summed E-state index contributed by atoms with van der Waals surface area (Å²) in [5, 5.41) is 0.625. The Bertz CT molecular complexity index is 376. The number of hydrogen-bond acceptors (Lipinski definition) is 2. The van der Waals surface area contributed by atoms with Crippen LogP contribution in [0.15, 0.2) is 18.2 Å². The SMILES string of the molecule is CC(C)C(C)N(C)c1c(Cl)cccc1C=O. The highest BCUT2D eigenvalue weighted by atomic mass is 35.5. The van der Waals surface area contributed by atoms with E-state index in [9.17, 15) is 4.79 Å². The van der Waals surface area contributed by atoms with Gasteiger partial charge in [-0.2, -0.15) is 0 Å². The number of aldehydes is 1. The summed E-state index contributed by atoms with van der Waals surface area (Å²) in [6.07, 6.45) is 0.852. The summed E-state index contributed by atoms with van der Waals surface area (Å²) in [7, 11) is 1.97. The van der Waals surface area contributed by atoms with Crippen molar-refractivity contribution in [1.29, 1.82) is 0 Å². The number of benzene rings is 1. The second kappa shape index (κ2) is 5.35. The molecule has 16 heavy (non-hydrogen) atoms. The number of carbonyl (C=O) groups is 1. The van der Waals surface area contributed by atoms with Crippen molar-refractivity contribution in [1.82, 2.24) is 0 Å². The zero-order chi connectivity index (χ0) is 12.3. The van der Waals surface area contributed by atoms with Crippen LogP contribution >= 0.6 is 11.6 Å². The van der Waals surface area contributed by atoms with Crippen molar-refractivity contribution in [2.24, 2.45) is 5.92 Å². The highest BCUT2D eigenvalue weighted by molar-refractivity contribution is 6.33. The Morgan fingerprint density at radius 3 is 2.44 bits per heavy atom. The first-order valence-electron chi connectivity index (χ1n) is 5.45. The number of para-hydroxylation sites is 1. The van der Waals surface area contributed by atoms with Crippen LogP contribution < -0.4 is 4.90 Å². The zero-order valence-electron chi connectivity index (χ0n) is 10.2. The Hall–Kier alpha value is -1.02. The maximum absolute atomic E-state index is 11.0. The Balaban J connectivity index is 3.16. The Morgan fingerprint density at radius 1 is 1.31 bits per heavy atom. The first kappa shape index (κ1) is 13.0. The molecular formula is C13H18ClNO. The highest BCUT2D eigenvalue weighted by Crippen LogP contribution is 2.30. The van der Waals surface area contributed by atoms with Crippen molar-refractivity contribution >= 4 is 23.6 Å². The van der Waals surface area contributed by atoms with E-state index in [1.54, 1.807) is 12.1 Å². The van der Waals surface area contributed by atoms with Crippen LogP contribution in [-0.4, -0.2) is 19.4 Å². The molecule has 1 aromatic rings. The largest absolute Gasteiger partial charge is 0.370 e. The summed E-state index contributed by atoms with van der Waals surface area (Å²) in [4.78, 5) is 13.1. The molecule has 0 aliphatic heterocycles. The molecule has 0 heterocycles. The standard InChI is InChI=1S/C13H18ClNO/c1-9(2)10(3)15(4)13-11(8-16)6-5-7-12(13)14/h5-10H,1-4H3. The van der Waals surface area contributed by atoms with Gasteiger partial charge in [0.25, 0.3) is 0 Å². The molecule has 0 saturated heterocycles. The van der Waals surface area contributed by atoms with Gasteiger partial charge in [-0.15, -0.1) is 0 Å². The minimum absolute atomic E-state index is 0.332. The van der Waals surface area contributed by atoms with Crippen LogP contribution in [0.25, 0.3) is 0 Å². The Kier molecular flexibility index (Phi) is 4.36. The van der Waals surface area contributed by atoms with Gasteiger partial charge in [0, 0.05) is 18.7 Å². The summed E-state index contributed by atoms with van der Waals surface area (Å²) < 4.78 is 0. The van der Waals surface area contributed by atoms with Crippen LogP contribution in [-0.2, 0) is 0 Å². The molecule has 0 fully saturated rings. The van der Waals surface area contributed by atoms with Gasteiger partial charge in [-0.3, -0.25) is 4.79 Å². The predicted molar refractivity (Wildman–Crippen MR) is 69.5 cm³/mol. The molecule has 1 rings (SSSR count). The minimum Gasteiger partial charge on any atom is -0.370 e. The first-order chi connectivity index (χ1) is 7.49. The predicted octanol–water partition coefficient (Wildman–Crippen LogP) is 3.63. The lowest BCUT2D eigenvalue weighted by atomic mass is 10.0. The average Bonchev–Trinajstić information content (AvgIpc) is 2.26. The van der Waals surface area contributed by atoms with E-state index in [0.717, 1.165) is 12.0 Å². The van der Waals surface area contributed by atoms with E-state index in [4.69, 9.17) is 11.6 Å². The summed E-state index contributed by atoms with van der Waals surface area (Å²) in [6, 6.07) is 5.73. The van der Waals surface area contributed by atoms with Gasteiger partial charge < -0.3 is 4.90 Å². The fraction of sp³-hybridized carbons (Fsp3) is 0.462. The third kappa shape index (κ3) is 2.56. The van der Waals surface area contributed by atoms with Gasteiger partial charge in [-0.25, -0.2) is 0 Å². The molecule has 0 spiro atoms. The van der Waals surface area contributed by atoms with Crippen molar-refractivity contribution in [3.05, 3.63) is 28.8 Å². The van der Waals surface area contributed by atoms with Crippen LogP contribution in [0.3, 0.4) is 0 Å². The molecule has 0 amide bonds. The molecule has 0 N–H and O–H groups in total. The lowest BCUT2D eigenvalue weighted by Gasteiger charge is -2.31. The van der Waals surface area contributed by atoms with E-state index in [1.807, 2.05) is 13.1 Å². The Morgan fingerprint density at radius 2 is 1.94 bits per heavy atom. The van der Waals surface area contributed by atoms with E-state index in [0.29, 0.717) is 22.5 Å². The van der Waals surface area contributed by atoms with Crippen LogP contribution in [0.5, 0.6) is 0 Å². The van der Waals surface area contributed by atoms with Gasteiger partial charge in [-0.05, 0) is 25.0 Å². The second-order valence-corrected chi connectivity index (χ2v) is 4.80. The topological polar surface area (TPSA) is 20.3 Å². The monoisotopic (exact) mass is 239 g/mol. The Labute approximate surface area is 102 Å². The van der Waals surface area contributed by atoms with Crippen LogP contribution in [0.2, 0.25) is 5.02 Å². The van der Waals surface area contributed by atoms with Crippen LogP contribution in [0.4, 0.5) is 5.69 Å². The third-order valence-electron chi connectivity index (χ3n) is 3.07. The van der Waals surface area contributed by atoms with Crippen molar-refractivity contribution in [2.45, 2.75) is 26.8 Å². The molecule has 1 unspecified atom stereocenters. The fourth-order valence-electron chi connectivity index (χ4n) is 1.65. The maximum atomic E-state index is 11.0. The van der Waals surface area contributed by atoms with Gasteiger partial charge in [0.1, 0.15) is 0 Å². The second-order valence-electron chi connectivity index (χ2n) is 4.39. The summed E-state index contributed by atoms with van der Waals surface area (Å²) in [6.45, 7) is 6.43. The van der Waals surface area contributed by atoms with Gasteiger partial charge in [0.05, 0.1) is 10.7 Å². The fourth-order valence-corrected chi connectivity index (χ4v) is 1.97.